The molecule has 1 unspecified atom stereocenters. The number of nitrogens with one attached hydrogen (secondary N) is 1. The lowest BCUT2D eigenvalue weighted by Crippen LogP contribution is -2.40. The van der Waals surface area contributed by atoms with Gasteiger partial charge in [0.25, 0.3) is 0 Å². The van der Waals surface area contributed by atoms with Crippen LogP contribution >= 0.6 is 0 Å². The van der Waals surface area contributed by atoms with E-state index in [9.17, 15) is 18.3 Å². The van der Waals surface area contributed by atoms with Crippen molar-refractivity contribution >= 4 is 5.95 Å². The van der Waals surface area contributed by atoms with Gasteiger partial charge in [-0.05, 0) is 51.6 Å². The van der Waals surface area contributed by atoms with Gasteiger partial charge in [0.2, 0.25) is 5.95 Å². The number of hydrogen-bond donors (Lipinski definition) is 2. The van der Waals surface area contributed by atoms with Gasteiger partial charge in [0, 0.05) is 18.2 Å². The predicted octanol–water partition coefficient (Wildman–Crippen LogP) is 3.08. The second kappa shape index (κ2) is 7.06. The molecule has 0 bridgehead atoms. The molecule has 1 aromatic heterocycles. The Morgan fingerprint density at radius 2 is 2.04 bits per heavy atom. The number of piperidine rings is 1. The van der Waals surface area contributed by atoms with Gasteiger partial charge in [-0.25, -0.2) is 4.98 Å². The van der Waals surface area contributed by atoms with Crippen LogP contribution in [-0.4, -0.2) is 51.4 Å². The highest BCUT2D eigenvalue weighted by Gasteiger charge is 2.31. The van der Waals surface area contributed by atoms with Crippen LogP contribution in [0.25, 0.3) is 11.3 Å². The molecule has 1 aliphatic rings. The number of aromatic hydroxyl groups is 1. The van der Waals surface area contributed by atoms with E-state index in [1.807, 2.05) is 0 Å². The first-order valence-electron chi connectivity index (χ1n) is 8.31. The van der Waals surface area contributed by atoms with Crippen LogP contribution < -0.4 is 5.32 Å². The van der Waals surface area contributed by atoms with E-state index in [1.165, 1.54) is 6.07 Å². The topological polar surface area (TPSA) is 74.2 Å². The van der Waals surface area contributed by atoms with Crippen molar-refractivity contribution in [2.45, 2.75) is 32.0 Å². The van der Waals surface area contributed by atoms with Crippen LogP contribution in [0.2, 0.25) is 0 Å². The summed E-state index contributed by atoms with van der Waals surface area (Å²) in [6, 6.07) is 2.99. The first-order valence-corrected chi connectivity index (χ1v) is 8.31. The second-order valence-electron chi connectivity index (χ2n) is 6.54. The summed E-state index contributed by atoms with van der Waals surface area (Å²) in [5.74, 6) is -0.133. The molecular weight excluding hydrogens is 347 g/mol. The zero-order valence-electron chi connectivity index (χ0n) is 14.5. The minimum atomic E-state index is -4.52. The monoisotopic (exact) mass is 367 g/mol. The highest BCUT2D eigenvalue weighted by Crippen LogP contribution is 2.36. The average molecular weight is 367 g/mol. The third kappa shape index (κ3) is 4.04. The van der Waals surface area contributed by atoms with Gasteiger partial charge >= 0.3 is 6.18 Å². The number of likely N-dealkylation sites (tertiary alicyclic amines) is 1. The number of nitrogens with zero attached hydrogens (tertiary/aromatic N) is 4. The molecule has 9 heteroatoms. The Labute approximate surface area is 149 Å². The number of halogens is 3. The van der Waals surface area contributed by atoms with Crippen LogP contribution in [0.3, 0.4) is 0 Å². The van der Waals surface area contributed by atoms with E-state index >= 15 is 0 Å². The first kappa shape index (κ1) is 18.4. The van der Waals surface area contributed by atoms with Crippen LogP contribution in [0.1, 0.15) is 24.1 Å². The maximum Gasteiger partial charge on any atom is 0.416 e. The zero-order valence-corrected chi connectivity index (χ0v) is 14.5. The first-order chi connectivity index (χ1) is 12.2. The molecule has 1 aliphatic heterocycles. The highest BCUT2D eigenvalue weighted by molar-refractivity contribution is 5.69. The number of aryl methyl sites for hydroxylation is 1. The Bertz CT molecular complexity index is 796. The van der Waals surface area contributed by atoms with Crippen molar-refractivity contribution in [1.29, 1.82) is 0 Å². The van der Waals surface area contributed by atoms with Crippen molar-refractivity contribution < 1.29 is 18.3 Å². The normalized spacial score (nSPS) is 18.7. The van der Waals surface area contributed by atoms with Crippen molar-refractivity contribution in [2.24, 2.45) is 0 Å². The van der Waals surface area contributed by atoms with Crippen molar-refractivity contribution in [1.82, 2.24) is 20.1 Å². The summed E-state index contributed by atoms with van der Waals surface area (Å²) in [4.78, 5) is 6.56. The summed E-state index contributed by atoms with van der Waals surface area (Å²) in [5, 5.41) is 21.3. The maximum absolute atomic E-state index is 12.7. The fourth-order valence-corrected chi connectivity index (χ4v) is 3.09. The molecule has 0 saturated carbocycles. The summed E-state index contributed by atoms with van der Waals surface area (Å²) < 4.78 is 38.2. The van der Waals surface area contributed by atoms with E-state index in [-0.39, 0.29) is 17.3 Å². The average Bonchev–Trinajstić information content (AvgIpc) is 2.55. The van der Waals surface area contributed by atoms with Crippen molar-refractivity contribution in [3.63, 3.8) is 0 Å². The molecule has 26 heavy (non-hydrogen) atoms. The van der Waals surface area contributed by atoms with E-state index in [2.05, 4.69) is 32.4 Å². The molecule has 3 rings (SSSR count). The van der Waals surface area contributed by atoms with Gasteiger partial charge in [-0.2, -0.15) is 13.2 Å². The van der Waals surface area contributed by atoms with E-state index in [4.69, 9.17) is 0 Å². The van der Waals surface area contributed by atoms with Crippen LogP contribution in [-0.2, 0) is 6.18 Å². The minimum Gasteiger partial charge on any atom is -0.507 e. The quantitative estimate of drug-likeness (QED) is 0.869. The predicted molar refractivity (Wildman–Crippen MR) is 90.8 cm³/mol. The summed E-state index contributed by atoms with van der Waals surface area (Å²) in [6.07, 6.45) is -2.43. The molecule has 140 valence electrons. The Hall–Kier alpha value is -2.42. The Morgan fingerprint density at radius 3 is 2.65 bits per heavy atom. The van der Waals surface area contributed by atoms with E-state index in [0.717, 1.165) is 32.0 Å². The molecule has 1 fully saturated rings. The lowest BCUT2D eigenvalue weighted by Gasteiger charge is -2.30. The lowest BCUT2D eigenvalue weighted by atomic mass is 10.1. The number of alkyl halides is 3. The minimum absolute atomic E-state index is 0.166. The molecule has 1 atom stereocenters. The van der Waals surface area contributed by atoms with Gasteiger partial charge in [0.05, 0.1) is 11.3 Å². The third-order valence-corrected chi connectivity index (χ3v) is 4.40. The van der Waals surface area contributed by atoms with E-state index in [1.54, 1.807) is 6.92 Å². The molecule has 2 aromatic rings. The van der Waals surface area contributed by atoms with Crippen LogP contribution in [0, 0.1) is 6.92 Å². The fraction of sp³-hybridized carbons (Fsp3) is 0.471. The van der Waals surface area contributed by atoms with Crippen LogP contribution in [0.15, 0.2) is 18.2 Å². The van der Waals surface area contributed by atoms with Crippen molar-refractivity contribution in [2.75, 3.05) is 25.5 Å². The van der Waals surface area contributed by atoms with Crippen molar-refractivity contribution in [3.8, 4) is 17.0 Å². The molecule has 6 nitrogen and oxygen atoms in total. The zero-order chi connectivity index (χ0) is 18.9. The molecular formula is C17H20F3N5O. The largest absolute Gasteiger partial charge is 0.507 e. The van der Waals surface area contributed by atoms with E-state index < -0.39 is 17.5 Å². The Balaban J connectivity index is 1.81. The summed E-state index contributed by atoms with van der Waals surface area (Å²) in [7, 11) is 2.05. The molecule has 0 spiro atoms. The van der Waals surface area contributed by atoms with Gasteiger partial charge in [0.15, 0.2) is 0 Å². The number of likely N-dealkylation sites (N-methyl/N-ethyl adjacent to an activating group) is 1. The maximum atomic E-state index is 12.7. The summed E-state index contributed by atoms with van der Waals surface area (Å²) in [5.41, 5.74) is -0.0271. The molecule has 0 aliphatic carbocycles. The van der Waals surface area contributed by atoms with Crippen LogP contribution in [0.4, 0.5) is 19.1 Å². The van der Waals surface area contributed by atoms with Gasteiger partial charge in [0.1, 0.15) is 11.4 Å². The molecule has 1 aromatic carbocycles. The number of phenols is 1. The van der Waals surface area contributed by atoms with Gasteiger partial charge in [-0.1, -0.05) is 0 Å². The van der Waals surface area contributed by atoms with Crippen molar-refractivity contribution in [3.05, 3.63) is 29.5 Å². The molecule has 1 saturated heterocycles. The molecule has 2 N–H and O–H groups in total. The summed E-state index contributed by atoms with van der Waals surface area (Å²) >= 11 is 0. The van der Waals surface area contributed by atoms with Gasteiger partial charge < -0.3 is 15.3 Å². The number of anilines is 1. The number of hydrogen-bond acceptors (Lipinski definition) is 6. The number of phenolic OH excluding ortho intramolecular Hbond substituents is 1. The Morgan fingerprint density at radius 1 is 1.27 bits per heavy atom. The molecule has 2 heterocycles. The molecule has 0 radical (unpaired) electrons. The smallest absolute Gasteiger partial charge is 0.416 e. The molecule has 0 amide bonds. The Kier molecular flexibility index (Phi) is 4.99. The van der Waals surface area contributed by atoms with Gasteiger partial charge in [-0.15, -0.1) is 10.2 Å². The second-order valence-corrected chi connectivity index (χ2v) is 6.54. The number of benzene rings is 1. The van der Waals surface area contributed by atoms with Gasteiger partial charge in [-0.3, -0.25) is 0 Å². The number of aromatic nitrogens is 3. The standard InChI is InChI=1S/C17H20F3N5O/c1-10-15(13-6-5-11(8-14(13)26)17(18,19)20)23-24-16(21-10)22-12-4-3-7-25(2)9-12/h5-6,8,12,26H,3-4,7,9H2,1-2H3,(H,21,22,24). The lowest BCUT2D eigenvalue weighted by molar-refractivity contribution is -0.137. The van der Waals surface area contributed by atoms with E-state index in [0.29, 0.717) is 17.7 Å². The highest BCUT2D eigenvalue weighted by atomic mass is 19.4. The fourth-order valence-electron chi connectivity index (χ4n) is 3.09. The van der Waals surface area contributed by atoms with Crippen LogP contribution in [0.5, 0.6) is 5.75 Å². The number of rotatable bonds is 3. The third-order valence-electron chi connectivity index (χ3n) is 4.40. The SMILES string of the molecule is Cc1nc(NC2CCCN(C)C2)nnc1-c1ccc(C(F)(F)F)cc1O. The summed E-state index contributed by atoms with van der Waals surface area (Å²) in [6.45, 7) is 3.62.